The van der Waals surface area contributed by atoms with Crippen molar-refractivity contribution in [3.8, 4) is 0 Å². The SMILES string of the molecule is CC(C)(C)C(=O)NC(c1ccccn1)C1CCCN(Cc2ccc(F)c(F)c2)C1. The Hall–Kier alpha value is -2.34. The standard InChI is InChI=1S/C23H29F2N3O/c1-23(2,3)22(29)27-21(20-8-4-5-11-26-20)17-7-6-12-28(15-17)14-16-9-10-18(24)19(25)13-16/h4-5,8-11,13,17,21H,6-7,12,14-15H2,1-3H3,(H,27,29). The first-order valence-electron chi connectivity index (χ1n) is 10.1. The molecule has 1 aliphatic heterocycles. The summed E-state index contributed by atoms with van der Waals surface area (Å²) in [4.78, 5) is 19.4. The fraction of sp³-hybridized carbons (Fsp3) is 0.478. The highest BCUT2D eigenvalue weighted by molar-refractivity contribution is 5.81. The van der Waals surface area contributed by atoms with Crippen LogP contribution in [0, 0.1) is 23.0 Å². The summed E-state index contributed by atoms with van der Waals surface area (Å²) >= 11 is 0. The van der Waals surface area contributed by atoms with Crippen LogP contribution in [0.4, 0.5) is 8.78 Å². The average Bonchev–Trinajstić information content (AvgIpc) is 2.69. The third-order valence-corrected chi connectivity index (χ3v) is 5.38. The zero-order valence-corrected chi connectivity index (χ0v) is 17.3. The number of nitrogens with zero attached hydrogens (tertiary/aromatic N) is 2. The van der Waals surface area contributed by atoms with Crippen molar-refractivity contribution in [2.75, 3.05) is 13.1 Å². The lowest BCUT2D eigenvalue weighted by molar-refractivity contribution is -0.130. The number of hydrogen-bond acceptors (Lipinski definition) is 3. The fourth-order valence-electron chi connectivity index (χ4n) is 3.75. The van der Waals surface area contributed by atoms with Crippen molar-refractivity contribution < 1.29 is 13.6 Å². The van der Waals surface area contributed by atoms with E-state index in [1.807, 2.05) is 39.0 Å². The second-order valence-electron chi connectivity index (χ2n) is 8.84. The van der Waals surface area contributed by atoms with Gasteiger partial charge in [-0.2, -0.15) is 0 Å². The molecule has 6 heteroatoms. The van der Waals surface area contributed by atoms with Gasteiger partial charge in [-0.1, -0.05) is 32.9 Å². The van der Waals surface area contributed by atoms with E-state index in [2.05, 4.69) is 15.2 Å². The number of nitrogens with one attached hydrogen (secondary N) is 1. The molecule has 0 aliphatic carbocycles. The molecule has 2 atom stereocenters. The van der Waals surface area contributed by atoms with Crippen LogP contribution in [0.15, 0.2) is 42.6 Å². The van der Waals surface area contributed by atoms with Crippen molar-refractivity contribution in [1.82, 2.24) is 15.2 Å². The van der Waals surface area contributed by atoms with Crippen molar-refractivity contribution in [3.05, 3.63) is 65.5 Å². The van der Waals surface area contributed by atoms with Gasteiger partial charge in [-0.15, -0.1) is 0 Å². The Bertz CT molecular complexity index is 836. The highest BCUT2D eigenvalue weighted by Crippen LogP contribution is 2.31. The highest BCUT2D eigenvalue weighted by atomic mass is 19.2. The monoisotopic (exact) mass is 401 g/mol. The van der Waals surface area contributed by atoms with E-state index in [1.165, 1.54) is 12.1 Å². The summed E-state index contributed by atoms with van der Waals surface area (Å²) in [6.07, 6.45) is 3.69. The predicted octanol–water partition coefficient (Wildman–Crippen LogP) is 4.48. The van der Waals surface area contributed by atoms with E-state index in [4.69, 9.17) is 0 Å². The molecule has 2 heterocycles. The maximum absolute atomic E-state index is 13.6. The number of rotatable bonds is 5. The smallest absolute Gasteiger partial charge is 0.225 e. The molecule has 1 N–H and O–H groups in total. The van der Waals surface area contributed by atoms with Crippen LogP contribution < -0.4 is 5.32 Å². The fourth-order valence-corrected chi connectivity index (χ4v) is 3.75. The molecule has 0 saturated carbocycles. The zero-order valence-electron chi connectivity index (χ0n) is 17.3. The Kier molecular flexibility index (Phi) is 6.63. The van der Waals surface area contributed by atoms with Crippen LogP contribution in [-0.2, 0) is 11.3 Å². The number of hydrogen-bond donors (Lipinski definition) is 1. The Morgan fingerprint density at radius 2 is 2.03 bits per heavy atom. The Labute approximate surface area is 171 Å². The van der Waals surface area contributed by atoms with E-state index >= 15 is 0 Å². The summed E-state index contributed by atoms with van der Waals surface area (Å²) in [7, 11) is 0. The van der Waals surface area contributed by atoms with Crippen molar-refractivity contribution >= 4 is 5.91 Å². The van der Waals surface area contributed by atoms with Crippen LogP contribution in [0.1, 0.15) is 50.9 Å². The highest BCUT2D eigenvalue weighted by Gasteiger charge is 2.33. The van der Waals surface area contributed by atoms with Gasteiger partial charge in [-0.3, -0.25) is 14.7 Å². The topological polar surface area (TPSA) is 45.2 Å². The maximum Gasteiger partial charge on any atom is 0.225 e. The number of halogens is 2. The van der Waals surface area contributed by atoms with Gasteiger partial charge in [-0.25, -0.2) is 8.78 Å². The van der Waals surface area contributed by atoms with Crippen LogP contribution in [-0.4, -0.2) is 28.9 Å². The van der Waals surface area contributed by atoms with Gasteiger partial charge in [0.05, 0.1) is 11.7 Å². The normalized spacial score (nSPS) is 19.0. The number of aromatic nitrogens is 1. The number of carbonyl (C=O) groups excluding carboxylic acids is 1. The molecule has 2 unspecified atom stereocenters. The third-order valence-electron chi connectivity index (χ3n) is 5.38. The molecule has 29 heavy (non-hydrogen) atoms. The number of pyridine rings is 1. The van der Waals surface area contributed by atoms with Gasteiger partial charge in [0.1, 0.15) is 0 Å². The molecular weight excluding hydrogens is 372 g/mol. The number of piperidine rings is 1. The van der Waals surface area contributed by atoms with Gasteiger partial charge < -0.3 is 5.32 Å². The number of benzene rings is 1. The number of likely N-dealkylation sites (tertiary alicyclic amines) is 1. The average molecular weight is 402 g/mol. The predicted molar refractivity (Wildman–Crippen MR) is 109 cm³/mol. The van der Waals surface area contributed by atoms with Crippen molar-refractivity contribution in [3.63, 3.8) is 0 Å². The lowest BCUT2D eigenvalue weighted by atomic mass is 9.86. The first kappa shape index (κ1) is 21.4. The summed E-state index contributed by atoms with van der Waals surface area (Å²) in [6, 6.07) is 9.61. The number of amides is 1. The van der Waals surface area contributed by atoms with Crippen molar-refractivity contribution in [1.29, 1.82) is 0 Å². The molecule has 1 fully saturated rings. The molecule has 0 radical (unpaired) electrons. The van der Waals surface area contributed by atoms with Crippen LogP contribution in [0.25, 0.3) is 0 Å². The molecule has 1 aromatic carbocycles. The van der Waals surface area contributed by atoms with Crippen molar-refractivity contribution in [2.24, 2.45) is 11.3 Å². The molecule has 1 amide bonds. The van der Waals surface area contributed by atoms with Crippen LogP contribution in [0.2, 0.25) is 0 Å². The van der Waals surface area contributed by atoms with Crippen LogP contribution >= 0.6 is 0 Å². The van der Waals surface area contributed by atoms with Gasteiger partial charge in [0, 0.05) is 24.7 Å². The van der Waals surface area contributed by atoms with Gasteiger partial charge in [-0.05, 0) is 55.1 Å². The molecule has 1 saturated heterocycles. The summed E-state index contributed by atoms with van der Waals surface area (Å²) < 4.78 is 26.8. The van der Waals surface area contributed by atoms with Gasteiger partial charge in [0.15, 0.2) is 11.6 Å². The molecule has 2 aromatic rings. The maximum atomic E-state index is 13.6. The van der Waals surface area contributed by atoms with E-state index in [0.29, 0.717) is 6.54 Å². The van der Waals surface area contributed by atoms with E-state index in [1.54, 1.807) is 12.3 Å². The quantitative estimate of drug-likeness (QED) is 0.804. The third kappa shape index (κ3) is 5.60. The first-order chi connectivity index (χ1) is 13.7. The van der Waals surface area contributed by atoms with Crippen LogP contribution in [0.5, 0.6) is 0 Å². The lowest BCUT2D eigenvalue weighted by Crippen LogP contribution is -2.45. The lowest BCUT2D eigenvalue weighted by Gasteiger charge is -2.38. The second-order valence-corrected chi connectivity index (χ2v) is 8.84. The summed E-state index contributed by atoms with van der Waals surface area (Å²) in [5.41, 5.74) is 1.11. The molecule has 3 rings (SSSR count). The largest absolute Gasteiger partial charge is 0.347 e. The number of carbonyl (C=O) groups is 1. The van der Waals surface area contributed by atoms with E-state index in [0.717, 1.165) is 37.2 Å². The molecule has 1 aromatic heterocycles. The zero-order chi connectivity index (χ0) is 21.0. The van der Waals surface area contributed by atoms with E-state index in [-0.39, 0.29) is 17.9 Å². The molecular formula is C23H29F2N3O. The summed E-state index contributed by atoms with van der Waals surface area (Å²) in [5.74, 6) is -1.47. The minimum Gasteiger partial charge on any atom is -0.347 e. The second kappa shape index (κ2) is 8.99. The Balaban J connectivity index is 1.76. The first-order valence-corrected chi connectivity index (χ1v) is 10.1. The van der Waals surface area contributed by atoms with Crippen molar-refractivity contribution in [2.45, 2.75) is 46.2 Å². The van der Waals surface area contributed by atoms with Gasteiger partial charge in [0.25, 0.3) is 0 Å². The molecule has 1 aliphatic rings. The van der Waals surface area contributed by atoms with E-state index < -0.39 is 17.0 Å². The summed E-state index contributed by atoms with van der Waals surface area (Å²) in [6.45, 7) is 7.88. The van der Waals surface area contributed by atoms with Gasteiger partial charge in [0.2, 0.25) is 5.91 Å². The van der Waals surface area contributed by atoms with E-state index in [9.17, 15) is 13.6 Å². The molecule has 156 valence electrons. The summed E-state index contributed by atoms with van der Waals surface area (Å²) in [5, 5.41) is 3.21. The minimum atomic E-state index is -0.828. The Morgan fingerprint density at radius 3 is 2.69 bits per heavy atom. The van der Waals surface area contributed by atoms with Gasteiger partial charge >= 0.3 is 0 Å². The molecule has 4 nitrogen and oxygen atoms in total. The Morgan fingerprint density at radius 1 is 1.24 bits per heavy atom. The van der Waals surface area contributed by atoms with Crippen LogP contribution in [0.3, 0.4) is 0 Å². The minimum absolute atomic E-state index is 0.00844. The molecule has 0 bridgehead atoms. The molecule has 0 spiro atoms.